The number of carbonyl (C=O) groups is 1. The molecular weight excluding hydrogens is 440 g/mol. The van der Waals surface area contributed by atoms with E-state index in [-0.39, 0.29) is 5.97 Å². The van der Waals surface area contributed by atoms with Crippen LogP contribution in [0.4, 0.5) is 0 Å². The predicted molar refractivity (Wildman–Crippen MR) is 148 cm³/mol. The van der Waals surface area contributed by atoms with Gasteiger partial charge < -0.3 is 4.74 Å². The summed E-state index contributed by atoms with van der Waals surface area (Å²) in [5.41, 5.74) is 2.93. The number of esters is 1. The Balaban J connectivity index is 1.45. The van der Waals surface area contributed by atoms with Crippen molar-refractivity contribution in [3.63, 3.8) is 0 Å². The fourth-order valence-corrected chi connectivity index (χ4v) is 5.08. The summed E-state index contributed by atoms with van der Waals surface area (Å²) < 4.78 is 6.43. The zero-order valence-electron chi connectivity index (χ0n) is 20.1. The van der Waals surface area contributed by atoms with Crippen LogP contribution >= 0.6 is 0 Å². The highest BCUT2D eigenvalue weighted by Gasteiger charge is 2.26. The minimum absolute atomic E-state index is 0.240. The lowest BCUT2D eigenvalue weighted by Gasteiger charge is -2.24. The van der Waals surface area contributed by atoms with Gasteiger partial charge in [0.1, 0.15) is 0 Å². The van der Waals surface area contributed by atoms with Crippen molar-refractivity contribution in [1.82, 2.24) is 0 Å². The first-order valence-electron chi connectivity index (χ1n) is 12.3. The molecule has 0 saturated heterocycles. The summed E-state index contributed by atoms with van der Waals surface area (Å²) in [5, 5.41) is 6.70. The predicted octanol–water partition coefficient (Wildman–Crippen LogP) is 8.58. The minimum atomic E-state index is -0.530. The van der Waals surface area contributed by atoms with Crippen molar-refractivity contribution in [1.29, 1.82) is 0 Å². The molecule has 0 unspecified atom stereocenters. The van der Waals surface area contributed by atoms with Gasteiger partial charge in [-0.2, -0.15) is 0 Å². The minimum Gasteiger partial charge on any atom is -0.452 e. The van der Waals surface area contributed by atoms with Gasteiger partial charge in [0.2, 0.25) is 0 Å². The van der Waals surface area contributed by atoms with Crippen LogP contribution in [0.25, 0.3) is 32.3 Å². The second-order valence-electron chi connectivity index (χ2n) is 9.28. The van der Waals surface area contributed by atoms with Gasteiger partial charge in [0.25, 0.3) is 0 Å². The number of fused-ring (bicyclic) bond motifs is 3. The van der Waals surface area contributed by atoms with E-state index in [4.69, 9.17) is 4.74 Å². The number of hydrogen-bond acceptors (Lipinski definition) is 2. The molecule has 6 aromatic carbocycles. The van der Waals surface area contributed by atoms with Crippen LogP contribution < -0.4 is 0 Å². The van der Waals surface area contributed by atoms with E-state index >= 15 is 0 Å². The van der Waals surface area contributed by atoms with Crippen LogP contribution in [0, 0.1) is 0 Å². The Morgan fingerprint density at radius 1 is 0.556 bits per heavy atom. The number of ether oxygens (including phenoxy) is 1. The lowest BCUT2D eigenvalue weighted by atomic mass is 9.92. The average Bonchev–Trinajstić information content (AvgIpc) is 2.94. The van der Waals surface area contributed by atoms with Crippen molar-refractivity contribution < 1.29 is 9.53 Å². The molecule has 6 aromatic rings. The van der Waals surface area contributed by atoms with Gasteiger partial charge in [0.05, 0.1) is 5.92 Å². The summed E-state index contributed by atoms with van der Waals surface area (Å²) in [6.45, 7) is 1.93. The van der Waals surface area contributed by atoms with E-state index in [0.717, 1.165) is 49.0 Å². The molecular formula is C34H26O2. The van der Waals surface area contributed by atoms with E-state index in [0.29, 0.717) is 0 Å². The van der Waals surface area contributed by atoms with Crippen LogP contribution in [-0.4, -0.2) is 5.97 Å². The zero-order valence-corrected chi connectivity index (χ0v) is 20.1. The third kappa shape index (κ3) is 4.01. The van der Waals surface area contributed by atoms with Crippen LogP contribution in [0.5, 0.6) is 0 Å². The number of carbonyl (C=O) groups excluding carboxylic acids is 1. The third-order valence-electron chi connectivity index (χ3n) is 7.07. The Hall–Kier alpha value is -4.43. The van der Waals surface area contributed by atoms with Crippen molar-refractivity contribution in [3.8, 4) is 0 Å². The summed E-state index contributed by atoms with van der Waals surface area (Å²) >= 11 is 0. The molecule has 0 N–H and O–H groups in total. The number of benzene rings is 6. The smallest absolute Gasteiger partial charge is 0.314 e. The molecule has 0 aliphatic rings. The highest BCUT2D eigenvalue weighted by Crippen LogP contribution is 2.37. The summed E-state index contributed by atoms with van der Waals surface area (Å²) in [7, 11) is 0. The first-order chi connectivity index (χ1) is 17.7. The van der Waals surface area contributed by atoms with E-state index in [1.807, 2.05) is 61.5 Å². The summed E-state index contributed by atoms with van der Waals surface area (Å²) in [4.78, 5) is 13.7. The highest BCUT2D eigenvalue weighted by atomic mass is 16.5. The molecule has 1 atom stereocenters. The second kappa shape index (κ2) is 9.31. The molecule has 0 heterocycles. The lowest BCUT2D eigenvalue weighted by molar-refractivity contribution is -0.148. The molecule has 36 heavy (non-hydrogen) atoms. The van der Waals surface area contributed by atoms with Gasteiger partial charge in [0, 0.05) is 11.1 Å². The quantitative estimate of drug-likeness (QED) is 0.238. The lowest BCUT2D eigenvalue weighted by Crippen LogP contribution is -2.18. The van der Waals surface area contributed by atoms with Crippen LogP contribution in [-0.2, 0) is 9.53 Å². The second-order valence-corrected chi connectivity index (χ2v) is 9.28. The SMILES string of the molecule is C[C@@H](C(=O)OC(c1cccc2ccccc12)c1cccc2ccccc12)c1ccc2ccccc2c1. The molecule has 0 amide bonds. The van der Waals surface area contributed by atoms with E-state index in [2.05, 4.69) is 72.8 Å². The maximum atomic E-state index is 13.7. The molecule has 0 radical (unpaired) electrons. The van der Waals surface area contributed by atoms with Crippen molar-refractivity contribution in [2.45, 2.75) is 18.9 Å². The van der Waals surface area contributed by atoms with E-state index in [1.54, 1.807) is 0 Å². The standard InChI is InChI=1S/C34H26O2/c1-23(27-21-20-24-10-2-3-13-28(24)22-27)34(35)36-33(31-18-8-14-25-11-4-6-16-29(25)31)32-19-9-15-26-12-5-7-17-30(26)32/h2-23,33H,1H3/t23-/m1/s1. The van der Waals surface area contributed by atoms with E-state index < -0.39 is 12.0 Å². The molecule has 0 spiro atoms. The van der Waals surface area contributed by atoms with Gasteiger partial charge >= 0.3 is 5.97 Å². The molecule has 0 aliphatic heterocycles. The largest absolute Gasteiger partial charge is 0.452 e. The third-order valence-corrected chi connectivity index (χ3v) is 7.07. The molecule has 2 heteroatoms. The van der Waals surface area contributed by atoms with Crippen LogP contribution in [0.2, 0.25) is 0 Å². The monoisotopic (exact) mass is 466 g/mol. The Morgan fingerprint density at radius 2 is 1.06 bits per heavy atom. The Labute approximate surface area is 210 Å². The summed E-state index contributed by atoms with van der Waals surface area (Å²) in [6.07, 6.45) is -0.530. The van der Waals surface area contributed by atoms with Crippen molar-refractivity contribution in [2.24, 2.45) is 0 Å². The maximum absolute atomic E-state index is 13.7. The van der Waals surface area contributed by atoms with Crippen molar-refractivity contribution in [2.75, 3.05) is 0 Å². The van der Waals surface area contributed by atoms with Crippen LogP contribution in [0.15, 0.2) is 127 Å². The zero-order chi connectivity index (χ0) is 24.5. The van der Waals surface area contributed by atoms with Crippen molar-refractivity contribution >= 4 is 38.3 Å². The topological polar surface area (TPSA) is 26.3 Å². The van der Waals surface area contributed by atoms with Gasteiger partial charge in [0.15, 0.2) is 6.10 Å². The molecule has 0 bridgehead atoms. The first-order valence-corrected chi connectivity index (χ1v) is 12.3. The molecule has 0 saturated carbocycles. The molecule has 0 fully saturated rings. The number of rotatable bonds is 5. The molecule has 0 aromatic heterocycles. The Kier molecular flexibility index (Phi) is 5.71. The van der Waals surface area contributed by atoms with E-state index in [9.17, 15) is 4.79 Å². The van der Waals surface area contributed by atoms with Gasteiger partial charge in [-0.25, -0.2) is 0 Å². The molecule has 6 rings (SSSR count). The van der Waals surface area contributed by atoms with Gasteiger partial charge in [-0.15, -0.1) is 0 Å². The summed E-state index contributed by atoms with van der Waals surface area (Å²) in [5.74, 6) is -0.641. The summed E-state index contributed by atoms with van der Waals surface area (Å²) in [6, 6.07) is 43.3. The number of hydrogen-bond donors (Lipinski definition) is 0. The first kappa shape index (κ1) is 22.1. The highest BCUT2D eigenvalue weighted by molar-refractivity contribution is 5.91. The maximum Gasteiger partial charge on any atom is 0.314 e. The fraction of sp³-hybridized carbons (Fsp3) is 0.0882. The molecule has 0 aliphatic carbocycles. The van der Waals surface area contributed by atoms with Gasteiger partial charge in [-0.05, 0) is 44.8 Å². The van der Waals surface area contributed by atoms with Gasteiger partial charge in [-0.1, -0.05) is 127 Å². The van der Waals surface area contributed by atoms with Crippen LogP contribution in [0.3, 0.4) is 0 Å². The molecule has 174 valence electrons. The van der Waals surface area contributed by atoms with Crippen LogP contribution in [0.1, 0.15) is 35.6 Å². The van der Waals surface area contributed by atoms with Gasteiger partial charge in [-0.3, -0.25) is 4.79 Å². The fourth-order valence-electron chi connectivity index (χ4n) is 5.08. The average molecular weight is 467 g/mol. The van der Waals surface area contributed by atoms with Crippen molar-refractivity contribution in [3.05, 3.63) is 144 Å². The normalized spacial score (nSPS) is 12.3. The van der Waals surface area contributed by atoms with E-state index in [1.165, 1.54) is 0 Å². The molecule has 2 nitrogen and oxygen atoms in total. The Bertz CT molecular complexity index is 1630. The Morgan fingerprint density at radius 3 is 1.67 bits per heavy atom.